The molecule has 0 saturated carbocycles. The Morgan fingerprint density at radius 3 is 2.89 bits per heavy atom. The summed E-state index contributed by atoms with van der Waals surface area (Å²) in [7, 11) is 0. The molecule has 1 aromatic rings. The molecular formula is C13H15BrFNO2. The van der Waals surface area contributed by atoms with Gasteiger partial charge in [0, 0.05) is 11.0 Å². The molecule has 2 atom stereocenters. The van der Waals surface area contributed by atoms with E-state index in [1.54, 1.807) is 0 Å². The molecule has 0 amide bonds. The monoisotopic (exact) mass is 315 g/mol. The summed E-state index contributed by atoms with van der Waals surface area (Å²) in [5.74, 6) is -0.964. The van der Waals surface area contributed by atoms with Crippen LogP contribution in [0.25, 0.3) is 0 Å². The van der Waals surface area contributed by atoms with Crippen molar-refractivity contribution in [1.82, 2.24) is 4.90 Å². The Bertz CT molecular complexity index is 446. The highest BCUT2D eigenvalue weighted by Gasteiger charge is 2.36. The largest absolute Gasteiger partial charge is 0.480 e. The second-order valence-electron chi connectivity index (χ2n) is 4.80. The summed E-state index contributed by atoms with van der Waals surface area (Å²) < 4.78 is 13.9. The van der Waals surface area contributed by atoms with Gasteiger partial charge in [-0.25, -0.2) is 4.39 Å². The second kappa shape index (κ2) is 5.36. The first-order chi connectivity index (χ1) is 8.47. The van der Waals surface area contributed by atoms with Crippen LogP contribution in [0, 0.1) is 11.7 Å². The Hall–Kier alpha value is -0.940. The lowest BCUT2D eigenvalue weighted by atomic mass is 10.0. The van der Waals surface area contributed by atoms with E-state index in [1.165, 1.54) is 12.1 Å². The Kier molecular flexibility index (Phi) is 4.02. The van der Waals surface area contributed by atoms with Crippen molar-refractivity contribution >= 4 is 21.9 Å². The summed E-state index contributed by atoms with van der Waals surface area (Å²) in [6.07, 6.45) is 0.869. The maximum Gasteiger partial charge on any atom is 0.321 e. The minimum atomic E-state index is -0.796. The van der Waals surface area contributed by atoms with Gasteiger partial charge in [0.15, 0.2) is 0 Å². The first kappa shape index (κ1) is 13.5. The minimum Gasteiger partial charge on any atom is -0.480 e. The lowest BCUT2D eigenvalue weighted by molar-refractivity contribution is -0.143. The van der Waals surface area contributed by atoms with E-state index in [-0.39, 0.29) is 11.7 Å². The number of carbonyl (C=O) groups is 1. The van der Waals surface area contributed by atoms with Gasteiger partial charge in [0.2, 0.25) is 0 Å². The standard InChI is InChI=1S/C13H15BrFNO2/c1-8-2-3-16(12(8)13(17)18)7-9-4-10(14)6-11(15)5-9/h4-6,8,12H,2-3,7H2,1H3,(H,17,18). The molecule has 0 spiro atoms. The molecule has 1 aromatic carbocycles. The fraction of sp³-hybridized carbons (Fsp3) is 0.462. The van der Waals surface area contributed by atoms with E-state index in [1.807, 2.05) is 17.9 Å². The van der Waals surface area contributed by atoms with Gasteiger partial charge in [-0.15, -0.1) is 0 Å². The number of aliphatic carboxylic acids is 1. The van der Waals surface area contributed by atoms with Crippen LogP contribution < -0.4 is 0 Å². The average Bonchev–Trinajstić information content (AvgIpc) is 2.57. The van der Waals surface area contributed by atoms with Crippen molar-refractivity contribution in [2.45, 2.75) is 25.9 Å². The normalized spacial score (nSPS) is 24.4. The number of carboxylic acids is 1. The maximum absolute atomic E-state index is 13.3. The van der Waals surface area contributed by atoms with Crippen molar-refractivity contribution < 1.29 is 14.3 Å². The fourth-order valence-electron chi connectivity index (χ4n) is 2.54. The molecule has 0 radical (unpaired) electrons. The van der Waals surface area contributed by atoms with Crippen molar-refractivity contribution in [3.63, 3.8) is 0 Å². The molecule has 1 heterocycles. The van der Waals surface area contributed by atoms with E-state index in [0.29, 0.717) is 11.0 Å². The van der Waals surface area contributed by atoms with Gasteiger partial charge in [-0.3, -0.25) is 9.69 Å². The Morgan fingerprint density at radius 1 is 1.56 bits per heavy atom. The zero-order chi connectivity index (χ0) is 13.3. The first-order valence-electron chi connectivity index (χ1n) is 5.89. The zero-order valence-electron chi connectivity index (χ0n) is 10.1. The van der Waals surface area contributed by atoms with Crippen LogP contribution >= 0.6 is 15.9 Å². The van der Waals surface area contributed by atoms with Gasteiger partial charge in [-0.1, -0.05) is 22.9 Å². The van der Waals surface area contributed by atoms with E-state index in [2.05, 4.69) is 15.9 Å². The smallest absolute Gasteiger partial charge is 0.321 e. The molecule has 2 unspecified atom stereocenters. The first-order valence-corrected chi connectivity index (χ1v) is 6.68. The Morgan fingerprint density at radius 2 is 2.28 bits per heavy atom. The molecule has 0 aromatic heterocycles. The van der Waals surface area contributed by atoms with Crippen LogP contribution in [0.4, 0.5) is 4.39 Å². The number of hydrogen-bond donors (Lipinski definition) is 1. The maximum atomic E-state index is 13.3. The zero-order valence-corrected chi connectivity index (χ0v) is 11.7. The van der Waals surface area contributed by atoms with Crippen LogP contribution in [-0.4, -0.2) is 28.6 Å². The van der Waals surface area contributed by atoms with Crippen molar-refractivity contribution in [1.29, 1.82) is 0 Å². The Labute approximate surface area is 114 Å². The molecule has 18 heavy (non-hydrogen) atoms. The predicted molar refractivity (Wildman–Crippen MR) is 69.7 cm³/mol. The number of likely N-dealkylation sites (tertiary alicyclic amines) is 1. The number of hydrogen-bond acceptors (Lipinski definition) is 2. The third kappa shape index (κ3) is 2.90. The van der Waals surface area contributed by atoms with Crippen molar-refractivity contribution in [3.05, 3.63) is 34.1 Å². The van der Waals surface area contributed by atoms with Crippen LogP contribution in [0.3, 0.4) is 0 Å². The number of benzene rings is 1. The lowest BCUT2D eigenvalue weighted by Crippen LogP contribution is -2.38. The van der Waals surface area contributed by atoms with Crippen LogP contribution in [-0.2, 0) is 11.3 Å². The molecule has 5 heteroatoms. The highest BCUT2D eigenvalue weighted by molar-refractivity contribution is 9.10. The number of halogens is 2. The fourth-order valence-corrected chi connectivity index (χ4v) is 3.05. The highest BCUT2D eigenvalue weighted by atomic mass is 79.9. The summed E-state index contributed by atoms with van der Waals surface area (Å²) in [4.78, 5) is 13.1. The number of carboxylic acid groups (broad SMARTS) is 1. The lowest BCUT2D eigenvalue weighted by Gasteiger charge is -2.23. The van der Waals surface area contributed by atoms with E-state index < -0.39 is 12.0 Å². The molecular weight excluding hydrogens is 301 g/mol. The van der Waals surface area contributed by atoms with E-state index in [4.69, 9.17) is 0 Å². The molecule has 1 saturated heterocycles. The van der Waals surface area contributed by atoms with Gasteiger partial charge >= 0.3 is 5.97 Å². The molecule has 1 fully saturated rings. The highest BCUT2D eigenvalue weighted by Crippen LogP contribution is 2.26. The summed E-state index contributed by atoms with van der Waals surface area (Å²) in [6.45, 7) is 3.16. The number of rotatable bonds is 3. The topological polar surface area (TPSA) is 40.5 Å². The third-order valence-electron chi connectivity index (χ3n) is 3.37. The average molecular weight is 316 g/mol. The van der Waals surface area contributed by atoms with E-state index in [0.717, 1.165) is 18.5 Å². The predicted octanol–water partition coefficient (Wildman–Crippen LogP) is 2.88. The summed E-state index contributed by atoms with van der Waals surface area (Å²) in [5.41, 5.74) is 0.794. The van der Waals surface area contributed by atoms with Crippen molar-refractivity contribution in [2.24, 2.45) is 5.92 Å². The molecule has 0 aliphatic carbocycles. The van der Waals surface area contributed by atoms with Crippen LogP contribution in [0.2, 0.25) is 0 Å². The molecule has 0 bridgehead atoms. The van der Waals surface area contributed by atoms with E-state index in [9.17, 15) is 14.3 Å². The van der Waals surface area contributed by atoms with Crippen molar-refractivity contribution in [2.75, 3.05) is 6.54 Å². The van der Waals surface area contributed by atoms with Gasteiger partial charge in [0.25, 0.3) is 0 Å². The van der Waals surface area contributed by atoms with Crippen LogP contribution in [0.15, 0.2) is 22.7 Å². The quantitative estimate of drug-likeness (QED) is 0.932. The minimum absolute atomic E-state index is 0.138. The SMILES string of the molecule is CC1CCN(Cc2cc(F)cc(Br)c2)C1C(=O)O. The molecule has 1 aliphatic heterocycles. The summed E-state index contributed by atoms with van der Waals surface area (Å²) in [6, 6.07) is 4.20. The van der Waals surface area contributed by atoms with Crippen LogP contribution in [0.5, 0.6) is 0 Å². The molecule has 2 rings (SSSR count). The van der Waals surface area contributed by atoms with E-state index >= 15 is 0 Å². The van der Waals surface area contributed by atoms with Gasteiger partial charge in [0.05, 0.1) is 0 Å². The summed E-state index contributed by atoms with van der Waals surface area (Å²) in [5, 5.41) is 9.22. The molecule has 1 aliphatic rings. The molecule has 3 nitrogen and oxygen atoms in total. The van der Waals surface area contributed by atoms with Crippen molar-refractivity contribution in [3.8, 4) is 0 Å². The summed E-state index contributed by atoms with van der Waals surface area (Å²) >= 11 is 3.24. The van der Waals surface area contributed by atoms with Gasteiger partial charge in [0.1, 0.15) is 11.9 Å². The second-order valence-corrected chi connectivity index (χ2v) is 5.71. The van der Waals surface area contributed by atoms with Gasteiger partial charge in [-0.05, 0) is 42.6 Å². The third-order valence-corrected chi connectivity index (χ3v) is 3.82. The molecule has 98 valence electrons. The van der Waals surface area contributed by atoms with Crippen LogP contribution in [0.1, 0.15) is 18.9 Å². The number of nitrogens with zero attached hydrogens (tertiary/aromatic N) is 1. The Balaban J connectivity index is 2.15. The van der Waals surface area contributed by atoms with Gasteiger partial charge < -0.3 is 5.11 Å². The molecule has 1 N–H and O–H groups in total. The van der Waals surface area contributed by atoms with Gasteiger partial charge in [-0.2, -0.15) is 0 Å².